The summed E-state index contributed by atoms with van der Waals surface area (Å²) in [7, 11) is 0. The van der Waals surface area contributed by atoms with Gasteiger partial charge in [-0.2, -0.15) is 4.99 Å². The van der Waals surface area contributed by atoms with Crippen LogP contribution in [0.4, 0.5) is 5.69 Å². The molecule has 0 spiro atoms. The van der Waals surface area contributed by atoms with Crippen LogP contribution < -0.4 is 0 Å². The second kappa shape index (κ2) is 4.12. The van der Waals surface area contributed by atoms with Crippen molar-refractivity contribution < 1.29 is 5.11 Å². The molecule has 0 saturated carbocycles. The van der Waals surface area contributed by atoms with Gasteiger partial charge in [0, 0.05) is 0 Å². The number of isothiocyanates is 1. The van der Waals surface area contributed by atoms with Crippen molar-refractivity contribution in [2.45, 2.75) is 13.0 Å². The van der Waals surface area contributed by atoms with Crippen molar-refractivity contribution in [1.82, 2.24) is 0 Å². The highest BCUT2D eigenvalue weighted by Crippen LogP contribution is 2.16. The van der Waals surface area contributed by atoms with E-state index in [1.54, 1.807) is 19.1 Å². The Morgan fingerprint density at radius 3 is 2.42 bits per heavy atom. The van der Waals surface area contributed by atoms with Crippen LogP contribution in [0.15, 0.2) is 29.3 Å². The third kappa shape index (κ3) is 2.24. The number of rotatable bonds is 2. The summed E-state index contributed by atoms with van der Waals surface area (Å²) in [6, 6.07) is 7.22. The fourth-order valence-electron chi connectivity index (χ4n) is 0.880. The minimum absolute atomic E-state index is 0.435. The van der Waals surface area contributed by atoms with Crippen molar-refractivity contribution in [3.05, 3.63) is 29.8 Å². The van der Waals surface area contributed by atoms with Crippen LogP contribution in [-0.4, -0.2) is 10.3 Å². The molecule has 0 radical (unpaired) electrons. The van der Waals surface area contributed by atoms with Gasteiger partial charge in [0.25, 0.3) is 0 Å². The first kappa shape index (κ1) is 9.07. The van der Waals surface area contributed by atoms with Gasteiger partial charge in [0.1, 0.15) is 0 Å². The molecule has 1 unspecified atom stereocenters. The monoisotopic (exact) mass is 179 g/mol. The van der Waals surface area contributed by atoms with E-state index in [2.05, 4.69) is 22.4 Å². The SMILES string of the molecule is CC(O)c1ccc(N=C=S)cc1. The second-order valence-corrected chi connectivity index (χ2v) is 2.65. The number of hydrogen-bond acceptors (Lipinski definition) is 3. The molecule has 1 aromatic carbocycles. The predicted octanol–water partition coefficient (Wildman–Crippen LogP) is 2.47. The van der Waals surface area contributed by atoms with Crippen molar-refractivity contribution in [2.75, 3.05) is 0 Å². The van der Waals surface area contributed by atoms with Crippen molar-refractivity contribution in [3.8, 4) is 0 Å². The van der Waals surface area contributed by atoms with Crippen molar-refractivity contribution in [2.24, 2.45) is 4.99 Å². The normalized spacial score (nSPS) is 11.8. The lowest BCUT2D eigenvalue weighted by Crippen LogP contribution is -1.88. The standard InChI is InChI=1S/C9H9NOS/c1-7(11)8-2-4-9(5-3-8)10-6-12/h2-5,7,11H,1H3. The molecule has 0 aliphatic heterocycles. The van der Waals surface area contributed by atoms with E-state index in [0.29, 0.717) is 0 Å². The Hall–Kier alpha value is -1.02. The molecule has 12 heavy (non-hydrogen) atoms. The molecule has 1 atom stereocenters. The average Bonchev–Trinajstić information content (AvgIpc) is 2.06. The number of hydrogen-bond donors (Lipinski definition) is 1. The fraction of sp³-hybridized carbons (Fsp3) is 0.222. The molecule has 2 nitrogen and oxygen atoms in total. The average molecular weight is 179 g/mol. The summed E-state index contributed by atoms with van der Waals surface area (Å²) in [5, 5.41) is 11.5. The van der Waals surface area contributed by atoms with Gasteiger partial charge in [-0.25, -0.2) is 0 Å². The zero-order valence-corrected chi connectivity index (χ0v) is 7.51. The topological polar surface area (TPSA) is 32.6 Å². The van der Waals surface area contributed by atoms with Gasteiger partial charge in [-0.05, 0) is 36.8 Å². The van der Waals surface area contributed by atoms with Crippen molar-refractivity contribution >= 4 is 23.1 Å². The highest BCUT2D eigenvalue weighted by Gasteiger charge is 1.98. The van der Waals surface area contributed by atoms with Gasteiger partial charge in [0.05, 0.1) is 17.0 Å². The molecule has 3 heteroatoms. The van der Waals surface area contributed by atoms with Crippen LogP contribution in [-0.2, 0) is 0 Å². The summed E-state index contributed by atoms with van der Waals surface area (Å²) in [6.45, 7) is 1.72. The molecule has 1 aromatic rings. The van der Waals surface area contributed by atoms with Gasteiger partial charge in [0.15, 0.2) is 0 Å². The van der Waals surface area contributed by atoms with E-state index >= 15 is 0 Å². The van der Waals surface area contributed by atoms with E-state index in [-0.39, 0.29) is 0 Å². The Bertz CT molecular complexity index is 299. The molecule has 1 rings (SSSR count). The maximum atomic E-state index is 9.18. The summed E-state index contributed by atoms with van der Waals surface area (Å²) < 4.78 is 0. The van der Waals surface area contributed by atoms with Crippen molar-refractivity contribution in [1.29, 1.82) is 0 Å². The van der Waals surface area contributed by atoms with Gasteiger partial charge in [-0.1, -0.05) is 12.1 Å². The second-order valence-electron chi connectivity index (χ2n) is 2.47. The maximum absolute atomic E-state index is 9.18. The minimum atomic E-state index is -0.435. The molecule has 1 N–H and O–H groups in total. The molecule has 0 aliphatic rings. The molecule has 0 amide bonds. The molecular weight excluding hydrogens is 170 g/mol. The highest BCUT2D eigenvalue weighted by atomic mass is 32.1. The fourth-order valence-corrected chi connectivity index (χ4v) is 0.985. The lowest BCUT2D eigenvalue weighted by Gasteiger charge is -2.02. The summed E-state index contributed by atoms with van der Waals surface area (Å²) in [5.74, 6) is 0. The Morgan fingerprint density at radius 1 is 1.42 bits per heavy atom. The molecule has 62 valence electrons. The zero-order chi connectivity index (χ0) is 8.97. The molecule has 0 saturated heterocycles. The Kier molecular flexibility index (Phi) is 3.11. The Morgan fingerprint density at radius 2 is 2.00 bits per heavy atom. The molecule has 0 heterocycles. The third-order valence-corrected chi connectivity index (χ3v) is 1.64. The molecular formula is C9H9NOS. The Labute approximate surface area is 76.6 Å². The van der Waals surface area contributed by atoms with Crippen LogP contribution in [0.1, 0.15) is 18.6 Å². The highest BCUT2D eigenvalue weighted by molar-refractivity contribution is 7.78. The van der Waals surface area contributed by atoms with Gasteiger partial charge >= 0.3 is 0 Å². The van der Waals surface area contributed by atoms with Crippen LogP contribution in [0.3, 0.4) is 0 Å². The summed E-state index contributed by atoms with van der Waals surface area (Å²) in [6.07, 6.45) is -0.435. The largest absolute Gasteiger partial charge is 0.389 e. The third-order valence-electron chi connectivity index (χ3n) is 1.55. The van der Waals surface area contributed by atoms with Crippen LogP contribution in [0.2, 0.25) is 0 Å². The number of aliphatic imine (C=N–C) groups is 1. The first-order valence-electron chi connectivity index (χ1n) is 3.60. The van der Waals surface area contributed by atoms with Gasteiger partial charge < -0.3 is 5.11 Å². The first-order chi connectivity index (χ1) is 5.74. The van der Waals surface area contributed by atoms with E-state index in [1.165, 1.54) is 0 Å². The number of aliphatic hydroxyl groups is 1. The Balaban J connectivity index is 2.92. The van der Waals surface area contributed by atoms with E-state index in [4.69, 9.17) is 0 Å². The number of thiocarbonyl (C=S) groups is 1. The van der Waals surface area contributed by atoms with Gasteiger partial charge in [-0.3, -0.25) is 0 Å². The number of benzene rings is 1. The smallest absolute Gasteiger partial charge is 0.0761 e. The van der Waals surface area contributed by atoms with Crippen LogP contribution in [0.5, 0.6) is 0 Å². The molecule has 0 aromatic heterocycles. The van der Waals surface area contributed by atoms with E-state index in [0.717, 1.165) is 11.3 Å². The predicted molar refractivity (Wildman–Crippen MR) is 51.8 cm³/mol. The first-order valence-corrected chi connectivity index (χ1v) is 4.01. The van der Waals surface area contributed by atoms with Gasteiger partial charge in [0.2, 0.25) is 0 Å². The summed E-state index contributed by atoms with van der Waals surface area (Å²) in [4.78, 5) is 3.79. The minimum Gasteiger partial charge on any atom is -0.389 e. The van der Waals surface area contributed by atoms with E-state index in [9.17, 15) is 5.11 Å². The molecule has 0 aliphatic carbocycles. The lowest BCUT2D eigenvalue weighted by molar-refractivity contribution is 0.199. The van der Waals surface area contributed by atoms with E-state index in [1.807, 2.05) is 12.1 Å². The summed E-state index contributed by atoms with van der Waals surface area (Å²) >= 11 is 4.45. The zero-order valence-electron chi connectivity index (χ0n) is 6.69. The van der Waals surface area contributed by atoms with Crippen LogP contribution >= 0.6 is 12.2 Å². The maximum Gasteiger partial charge on any atom is 0.0761 e. The van der Waals surface area contributed by atoms with Crippen LogP contribution in [0, 0.1) is 0 Å². The van der Waals surface area contributed by atoms with E-state index < -0.39 is 6.10 Å². The molecule has 0 bridgehead atoms. The van der Waals surface area contributed by atoms with Gasteiger partial charge in [-0.15, -0.1) is 0 Å². The number of nitrogens with zero attached hydrogens (tertiary/aromatic N) is 1. The quantitative estimate of drug-likeness (QED) is 0.558. The molecule has 0 fully saturated rings. The van der Waals surface area contributed by atoms with Crippen molar-refractivity contribution in [3.63, 3.8) is 0 Å². The summed E-state index contributed by atoms with van der Waals surface area (Å²) in [5.41, 5.74) is 1.63. The lowest BCUT2D eigenvalue weighted by atomic mass is 10.1. The number of aliphatic hydroxyl groups excluding tert-OH is 1. The van der Waals surface area contributed by atoms with Crippen LogP contribution in [0.25, 0.3) is 0 Å².